The van der Waals surface area contributed by atoms with Crippen LogP contribution >= 0.6 is 0 Å². The number of hydrogen-bond donors (Lipinski definition) is 4. The Hall–Kier alpha value is -9.28. The van der Waals surface area contributed by atoms with Gasteiger partial charge in [0.2, 0.25) is 11.8 Å². The molecule has 2 aliphatic carbocycles. The molecule has 0 unspecified atom stereocenters. The Kier molecular flexibility index (Phi) is 23.4. The van der Waals surface area contributed by atoms with Gasteiger partial charge in [-0.25, -0.2) is 0 Å². The van der Waals surface area contributed by atoms with Crippen molar-refractivity contribution in [3.8, 4) is 44.5 Å². The summed E-state index contributed by atoms with van der Waals surface area (Å²) in [4.78, 5) is 60.9. The van der Waals surface area contributed by atoms with Gasteiger partial charge < -0.3 is 31.1 Å². The van der Waals surface area contributed by atoms with Crippen molar-refractivity contribution in [2.45, 2.75) is 99.7 Å². The molecular formula is C78H76F12N6O4. The Labute approximate surface area is 572 Å². The molecule has 8 aromatic rings. The maximum atomic E-state index is 14.4. The van der Waals surface area contributed by atoms with Crippen LogP contribution in [0.25, 0.3) is 44.5 Å². The van der Waals surface area contributed by atoms with Crippen molar-refractivity contribution in [1.29, 1.82) is 0 Å². The minimum absolute atomic E-state index is 0.0442. The summed E-state index contributed by atoms with van der Waals surface area (Å²) in [5.74, 6) is -2.72. The van der Waals surface area contributed by atoms with Gasteiger partial charge in [0.05, 0.1) is 11.1 Å². The lowest BCUT2D eigenvalue weighted by Gasteiger charge is -2.32. The van der Waals surface area contributed by atoms with Crippen LogP contribution in [0.3, 0.4) is 0 Å². The first-order valence-corrected chi connectivity index (χ1v) is 33.4. The van der Waals surface area contributed by atoms with Crippen molar-refractivity contribution < 1.29 is 71.9 Å². The molecule has 22 heteroatoms. The number of halogens is 12. The number of nitrogens with one attached hydrogen (secondary N) is 4. The lowest BCUT2D eigenvalue weighted by Crippen LogP contribution is -2.47. The number of fused-ring (bicyclic) bond motifs is 6. The third-order valence-electron chi connectivity index (χ3n) is 18.8. The number of nitrogens with zero attached hydrogens (tertiary/aromatic N) is 2. The SMILES string of the molecule is O=C(NCCCN(CCCCN(CCCCC1(C(=O)NCC(F)(F)F)c2ccccc2-c2ccccc21)CCCNC(=O)c1ccccc1-c1ccccc1C(F)(F)F)CCCCC1(C(=O)NCC(F)(F)F)c2ccccc2-c2ccccc21)c1ccccc1-c1ccccc1C(F)(F)F. The molecule has 0 spiro atoms. The van der Waals surface area contributed by atoms with Crippen molar-refractivity contribution in [2.24, 2.45) is 0 Å². The summed E-state index contributed by atoms with van der Waals surface area (Å²) in [6, 6.07) is 50.7. The Morgan fingerprint density at radius 3 is 0.870 bits per heavy atom. The zero-order chi connectivity index (χ0) is 71.3. The van der Waals surface area contributed by atoms with Crippen LogP contribution in [-0.4, -0.2) is 111 Å². The van der Waals surface area contributed by atoms with E-state index in [4.69, 9.17) is 0 Å². The van der Waals surface area contributed by atoms with E-state index >= 15 is 0 Å². The summed E-state index contributed by atoms with van der Waals surface area (Å²) >= 11 is 0. The van der Waals surface area contributed by atoms with Gasteiger partial charge in [0.1, 0.15) is 23.9 Å². The number of rotatable bonds is 31. The Bertz CT molecular complexity index is 3810. The first kappa shape index (κ1) is 73.4. The fraction of sp³-hybridized carbons (Fsp3) is 0.333. The van der Waals surface area contributed by atoms with Gasteiger partial charge in [-0.2, -0.15) is 52.7 Å². The highest BCUT2D eigenvalue weighted by molar-refractivity contribution is 6.03. The van der Waals surface area contributed by atoms with Crippen LogP contribution in [0.4, 0.5) is 52.7 Å². The maximum Gasteiger partial charge on any atom is 0.417 e. The van der Waals surface area contributed by atoms with Crippen LogP contribution in [-0.2, 0) is 32.8 Å². The molecule has 0 heterocycles. The number of unbranched alkanes of at least 4 members (excludes halogenated alkanes) is 3. The number of amides is 4. The van der Waals surface area contributed by atoms with E-state index in [-0.39, 0.29) is 59.3 Å². The summed E-state index contributed by atoms with van der Waals surface area (Å²) in [5, 5.41) is 10.1. The third-order valence-corrected chi connectivity index (χ3v) is 18.8. The van der Waals surface area contributed by atoms with Gasteiger partial charge in [0, 0.05) is 24.2 Å². The van der Waals surface area contributed by atoms with E-state index in [9.17, 15) is 71.9 Å². The zero-order valence-corrected chi connectivity index (χ0v) is 54.7. The molecule has 0 radical (unpaired) electrons. The standard InChI is InChI=1S/C78H76F12N6O4/c79-75(80,81)51-93-71(99)73(63-35-11-5-29-57(63)58-30-6-12-36-64(58)73)41-17-19-45-95(49-23-43-91-69(97)61-33-3-1-25-53(61)55-27-9-15-39-67(55)77(85,86)87)47-21-22-48-96(50-24-44-92-70(98)62-34-4-2-26-54(62)56-28-10-16-40-68(56)78(88,89)90)46-20-18-42-74(72(100)94-52-76(82,83)84)65-37-13-7-31-59(65)60-32-8-14-38-66(60)74/h1-16,25-40H,17-24,41-52H2,(H,91,97)(H,92,98)(H,93,99)(H,94,100). The number of alkyl halides is 12. The first-order valence-electron chi connectivity index (χ1n) is 33.4. The van der Waals surface area contributed by atoms with Crippen LogP contribution in [0.15, 0.2) is 194 Å². The molecule has 0 atom stereocenters. The molecule has 2 aliphatic rings. The molecule has 0 saturated carbocycles. The van der Waals surface area contributed by atoms with Gasteiger partial charge in [-0.15, -0.1) is 0 Å². The monoisotopic (exact) mass is 1390 g/mol. The average Bonchev–Trinajstić information content (AvgIpc) is 1.57. The molecule has 10 rings (SSSR count). The predicted molar refractivity (Wildman–Crippen MR) is 361 cm³/mol. The molecule has 0 aromatic heterocycles. The van der Waals surface area contributed by atoms with Gasteiger partial charge in [0.15, 0.2) is 0 Å². The highest BCUT2D eigenvalue weighted by Crippen LogP contribution is 2.53. The van der Waals surface area contributed by atoms with E-state index in [0.29, 0.717) is 113 Å². The van der Waals surface area contributed by atoms with E-state index in [1.165, 1.54) is 60.7 Å². The zero-order valence-electron chi connectivity index (χ0n) is 54.7. The Balaban J connectivity index is 0.857. The minimum atomic E-state index is -4.70. The number of carbonyl (C=O) groups is 4. The lowest BCUT2D eigenvalue weighted by atomic mass is 9.73. The van der Waals surface area contributed by atoms with Crippen molar-refractivity contribution in [1.82, 2.24) is 31.1 Å². The van der Waals surface area contributed by atoms with E-state index < -0.39 is 83.4 Å². The third kappa shape index (κ3) is 17.1. The molecule has 0 fully saturated rings. The Morgan fingerprint density at radius 1 is 0.300 bits per heavy atom. The van der Waals surface area contributed by atoms with E-state index in [1.54, 1.807) is 72.8 Å². The van der Waals surface area contributed by atoms with Crippen LogP contribution in [0.1, 0.15) is 118 Å². The molecule has 0 bridgehead atoms. The second-order valence-electron chi connectivity index (χ2n) is 25.3. The molecule has 0 aliphatic heterocycles. The van der Waals surface area contributed by atoms with Crippen molar-refractivity contribution in [3.05, 3.63) is 239 Å². The lowest BCUT2D eigenvalue weighted by molar-refractivity contribution is -0.141. The molecule has 526 valence electrons. The largest absolute Gasteiger partial charge is 0.417 e. The van der Waals surface area contributed by atoms with E-state index in [0.717, 1.165) is 34.4 Å². The highest BCUT2D eigenvalue weighted by Gasteiger charge is 2.51. The highest BCUT2D eigenvalue weighted by atomic mass is 19.4. The average molecular weight is 1390 g/mol. The number of benzene rings is 8. The molecule has 4 N–H and O–H groups in total. The first-order chi connectivity index (χ1) is 47.8. The van der Waals surface area contributed by atoms with Crippen molar-refractivity contribution in [3.63, 3.8) is 0 Å². The normalized spacial score (nSPS) is 13.7. The summed E-state index contributed by atoms with van der Waals surface area (Å²) in [6.07, 6.45) is -14.7. The number of hydrogen-bond acceptors (Lipinski definition) is 6. The van der Waals surface area contributed by atoms with Gasteiger partial charge >= 0.3 is 24.7 Å². The smallest absolute Gasteiger partial charge is 0.352 e. The molecule has 8 aromatic carbocycles. The van der Waals surface area contributed by atoms with Gasteiger partial charge in [0.25, 0.3) is 11.8 Å². The summed E-state index contributed by atoms with van der Waals surface area (Å²) in [5.41, 5.74) is 0.631. The summed E-state index contributed by atoms with van der Waals surface area (Å²) < 4.78 is 168. The van der Waals surface area contributed by atoms with Crippen LogP contribution in [0.2, 0.25) is 0 Å². The van der Waals surface area contributed by atoms with Gasteiger partial charge in [-0.1, -0.05) is 183 Å². The maximum absolute atomic E-state index is 14.4. The molecule has 4 amide bonds. The van der Waals surface area contributed by atoms with Gasteiger partial charge in [-0.3, -0.25) is 19.2 Å². The van der Waals surface area contributed by atoms with Crippen molar-refractivity contribution in [2.75, 3.05) is 65.4 Å². The number of carbonyl (C=O) groups excluding carboxylic acids is 4. The Morgan fingerprint density at radius 2 is 0.560 bits per heavy atom. The molecule has 0 saturated heterocycles. The quantitative estimate of drug-likeness (QED) is 0.0254. The summed E-state index contributed by atoms with van der Waals surface area (Å²) in [6.45, 7) is -0.0571. The van der Waals surface area contributed by atoms with Crippen LogP contribution in [0, 0.1) is 0 Å². The molecule has 10 nitrogen and oxygen atoms in total. The van der Waals surface area contributed by atoms with Gasteiger partial charge in [-0.05, 0) is 182 Å². The predicted octanol–water partition coefficient (Wildman–Crippen LogP) is 17.0. The van der Waals surface area contributed by atoms with E-state index in [2.05, 4.69) is 31.1 Å². The van der Waals surface area contributed by atoms with Crippen molar-refractivity contribution >= 4 is 23.6 Å². The second-order valence-corrected chi connectivity index (χ2v) is 25.3. The van der Waals surface area contributed by atoms with Crippen LogP contribution < -0.4 is 21.3 Å². The van der Waals surface area contributed by atoms with E-state index in [1.807, 2.05) is 48.5 Å². The molecule has 100 heavy (non-hydrogen) atoms. The second kappa shape index (κ2) is 31.9. The topological polar surface area (TPSA) is 123 Å². The molecular weight excluding hydrogens is 1310 g/mol. The fourth-order valence-corrected chi connectivity index (χ4v) is 14.3. The summed E-state index contributed by atoms with van der Waals surface area (Å²) in [7, 11) is 0. The van der Waals surface area contributed by atoms with Crippen LogP contribution in [0.5, 0.6) is 0 Å². The fourth-order valence-electron chi connectivity index (χ4n) is 14.3. The minimum Gasteiger partial charge on any atom is -0.352 e.